The molecule has 0 unspecified atom stereocenters. The smallest absolute Gasteiger partial charge is 0.320 e. The largest absolute Gasteiger partial charge is 0.459 e. The van der Waals surface area contributed by atoms with Gasteiger partial charge < -0.3 is 4.74 Å². The average molecular weight is 642 g/mol. The lowest BCUT2D eigenvalue weighted by atomic mass is 9.89. The fourth-order valence-electron chi connectivity index (χ4n) is 4.92. The summed E-state index contributed by atoms with van der Waals surface area (Å²) in [5.74, 6) is -0.625. The Balaban J connectivity index is 1.87. The molecule has 0 spiro atoms. The number of carbonyl (C=O) groups excluding carboxylic acids is 1. The van der Waals surface area contributed by atoms with Gasteiger partial charge in [-0.05, 0) is 45.7 Å². The molecule has 2 aromatic rings. The highest BCUT2D eigenvalue weighted by Crippen LogP contribution is 2.28. The van der Waals surface area contributed by atoms with E-state index in [9.17, 15) is 41.9 Å². The summed E-state index contributed by atoms with van der Waals surface area (Å²) >= 11 is 0. The topological polar surface area (TPSA) is 208 Å². The maximum absolute atomic E-state index is 13.3. The van der Waals surface area contributed by atoms with Gasteiger partial charge in [0.05, 0.1) is 16.4 Å². The molecule has 0 radical (unpaired) electrons. The van der Waals surface area contributed by atoms with Crippen LogP contribution in [0, 0.1) is 20.2 Å². The molecule has 1 aliphatic rings. The van der Waals surface area contributed by atoms with E-state index >= 15 is 0 Å². The molecule has 43 heavy (non-hydrogen) atoms. The Morgan fingerprint density at radius 1 is 0.907 bits per heavy atom. The van der Waals surface area contributed by atoms with Crippen LogP contribution >= 0.6 is 0 Å². The van der Waals surface area contributed by atoms with Crippen molar-refractivity contribution >= 4 is 37.4 Å². The molecular formula is C26H35N5O10S2. The van der Waals surface area contributed by atoms with Crippen molar-refractivity contribution in [2.45, 2.75) is 73.9 Å². The van der Waals surface area contributed by atoms with Crippen LogP contribution in [0.2, 0.25) is 0 Å². The molecule has 0 heterocycles. The Bertz CT molecular complexity index is 1560. The van der Waals surface area contributed by atoms with Crippen molar-refractivity contribution in [1.82, 2.24) is 14.3 Å². The standard InChI is InChI=1S/C26H35N5O10S2/c1-26(2,3)41-25(32)18-29(17-16-27-42(37,38)23-14-8-6-12-21(23)30(33)34)20-11-5-4-10-19(20)28-43(39,40)24-15-9-7-13-22(24)31(35)36/h6-9,12-15,19-20,27-28H,4-5,10-11,16-18H2,1-3H3/t19-,20-/m1/s1. The van der Waals surface area contributed by atoms with Crippen molar-refractivity contribution in [3.8, 4) is 0 Å². The highest BCUT2D eigenvalue weighted by atomic mass is 32.2. The zero-order valence-electron chi connectivity index (χ0n) is 24.0. The molecule has 0 saturated heterocycles. The van der Waals surface area contributed by atoms with E-state index in [0.717, 1.165) is 24.3 Å². The summed E-state index contributed by atoms with van der Waals surface area (Å²) in [6.45, 7) is 4.39. The number of nitrogens with zero attached hydrogens (tertiary/aromatic N) is 3. The molecule has 0 aliphatic heterocycles. The Labute approximate surface area is 250 Å². The molecule has 17 heteroatoms. The predicted molar refractivity (Wildman–Crippen MR) is 155 cm³/mol. The maximum atomic E-state index is 13.3. The van der Waals surface area contributed by atoms with Gasteiger partial charge in [0, 0.05) is 37.3 Å². The van der Waals surface area contributed by atoms with E-state index in [-0.39, 0.29) is 19.6 Å². The van der Waals surface area contributed by atoms with E-state index in [1.807, 2.05) is 0 Å². The average Bonchev–Trinajstić information content (AvgIpc) is 2.91. The van der Waals surface area contributed by atoms with Crippen molar-refractivity contribution in [1.29, 1.82) is 0 Å². The summed E-state index contributed by atoms with van der Waals surface area (Å²) in [5, 5.41) is 22.9. The highest BCUT2D eigenvalue weighted by Gasteiger charge is 2.37. The normalized spacial score (nSPS) is 17.9. The molecule has 3 rings (SSSR count). The second-order valence-corrected chi connectivity index (χ2v) is 14.4. The molecule has 1 aliphatic carbocycles. The summed E-state index contributed by atoms with van der Waals surface area (Å²) in [7, 11) is -8.68. The van der Waals surface area contributed by atoms with Gasteiger partial charge in [-0.15, -0.1) is 0 Å². The van der Waals surface area contributed by atoms with Gasteiger partial charge in [0.25, 0.3) is 11.4 Å². The summed E-state index contributed by atoms with van der Waals surface area (Å²) in [6, 6.07) is 8.44. The quantitative estimate of drug-likeness (QED) is 0.185. The van der Waals surface area contributed by atoms with Gasteiger partial charge in [-0.1, -0.05) is 37.1 Å². The second kappa shape index (κ2) is 13.9. The SMILES string of the molecule is CC(C)(C)OC(=O)CN(CCNS(=O)(=O)c1ccccc1[N+](=O)[O-])[C@@H]1CCCC[C@H]1NS(=O)(=O)c1ccccc1[N+](=O)[O-]. The first-order valence-electron chi connectivity index (χ1n) is 13.5. The van der Waals surface area contributed by atoms with E-state index in [0.29, 0.717) is 25.7 Å². The van der Waals surface area contributed by atoms with Gasteiger partial charge in [0.15, 0.2) is 9.79 Å². The zero-order valence-corrected chi connectivity index (χ0v) is 25.6. The van der Waals surface area contributed by atoms with Crippen molar-refractivity contribution < 1.29 is 36.2 Å². The first kappa shape index (κ1) is 34.0. The highest BCUT2D eigenvalue weighted by molar-refractivity contribution is 7.90. The number of carbonyl (C=O) groups is 1. The van der Waals surface area contributed by atoms with E-state index in [1.54, 1.807) is 25.7 Å². The van der Waals surface area contributed by atoms with Crippen LogP contribution in [0.4, 0.5) is 11.4 Å². The number of para-hydroxylation sites is 2. The molecule has 1 fully saturated rings. The number of rotatable bonds is 13. The van der Waals surface area contributed by atoms with Crippen LogP contribution < -0.4 is 9.44 Å². The number of sulfonamides is 2. The lowest BCUT2D eigenvalue weighted by Gasteiger charge is -2.40. The van der Waals surface area contributed by atoms with E-state index < -0.39 is 74.7 Å². The van der Waals surface area contributed by atoms with Gasteiger partial charge in [-0.2, -0.15) is 0 Å². The van der Waals surface area contributed by atoms with Crippen LogP contribution in [0.1, 0.15) is 46.5 Å². The van der Waals surface area contributed by atoms with Gasteiger partial charge in [0.2, 0.25) is 20.0 Å². The van der Waals surface area contributed by atoms with Gasteiger partial charge in [-0.3, -0.25) is 29.9 Å². The van der Waals surface area contributed by atoms with Crippen LogP contribution in [0.5, 0.6) is 0 Å². The third-order valence-corrected chi connectivity index (χ3v) is 9.70. The van der Waals surface area contributed by atoms with Crippen molar-refractivity contribution in [3.05, 3.63) is 68.8 Å². The lowest BCUT2D eigenvalue weighted by molar-refractivity contribution is -0.388. The minimum atomic E-state index is -4.36. The minimum Gasteiger partial charge on any atom is -0.459 e. The van der Waals surface area contributed by atoms with E-state index in [4.69, 9.17) is 4.74 Å². The summed E-state index contributed by atoms with van der Waals surface area (Å²) < 4.78 is 62.9. The molecular weight excluding hydrogens is 606 g/mol. The third-order valence-electron chi connectivity index (χ3n) is 6.65. The van der Waals surface area contributed by atoms with Crippen molar-refractivity contribution in [2.24, 2.45) is 0 Å². The monoisotopic (exact) mass is 641 g/mol. The third kappa shape index (κ3) is 9.24. The van der Waals surface area contributed by atoms with Crippen LogP contribution in [-0.2, 0) is 29.6 Å². The van der Waals surface area contributed by atoms with Crippen LogP contribution in [-0.4, -0.2) is 74.9 Å². The van der Waals surface area contributed by atoms with E-state index in [2.05, 4.69) is 9.44 Å². The summed E-state index contributed by atoms with van der Waals surface area (Å²) in [4.78, 5) is 34.7. The van der Waals surface area contributed by atoms with Gasteiger partial charge in [0.1, 0.15) is 5.60 Å². The molecule has 236 valence electrons. The first-order chi connectivity index (χ1) is 20.0. The Morgan fingerprint density at radius 2 is 1.42 bits per heavy atom. The Hall–Kier alpha value is -3.51. The van der Waals surface area contributed by atoms with Crippen molar-refractivity contribution in [2.75, 3.05) is 19.6 Å². The Kier molecular flexibility index (Phi) is 10.9. The minimum absolute atomic E-state index is 0.0759. The number of nitrogens with one attached hydrogen (secondary N) is 2. The number of nitro benzene ring substituents is 2. The van der Waals surface area contributed by atoms with Crippen LogP contribution in [0.15, 0.2) is 58.3 Å². The number of ether oxygens (including phenoxy) is 1. The molecule has 0 bridgehead atoms. The number of hydrogen-bond acceptors (Lipinski definition) is 11. The fourth-order valence-corrected chi connectivity index (χ4v) is 7.59. The zero-order chi connectivity index (χ0) is 32.0. The molecule has 2 aromatic carbocycles. The Morgan fingerprint density at radius 3 is 1.95 bits per heavy atom. The fraction of sp³-hybridized carbons (Fsp3) is 0.500. The molecule has 1 saturated carbocycles. The molecule has 2 atom stereocenters. The molecule has 15 nitrogen and oxygen atoms in total. The second-order valence-electron chi connectivity index (χ2n) is 11.0. The molecule has 0 aromatic heterocycles. The van der Waals surface area contributed by atoms with Crippen molar-refractivity contribution in [3.63, 3.8) is 0 Å². The maximum Gasteiger partial charge on any atom is 0.320 e. The molecule has 0 amide bonds. The van der Waals surface area contributed by atoms with Crippen LogP contribution in [0.25, 0.3) is 0 Å². The number of hydrogen-bond donors (Lipinski definition) is 2. The van der Waals surface area contributed by atoms with Crippen LogP contribution in [0.3, 0.4) is 0 Å². The van der Waals surface area contributed by atoms with Gasteiger partial charge in [-0.25, -0.2) is 26.3 Å². The number of nitro groups is 2. The van der Waals surface area contributed by atoms with E-state index in [1.165, 1.54) is 24.3 Å². The molecule has 2 N–H and O–H groups in total. The number of benzene rings is 2. The summed E-state index contributed by atoms with van der Waals surface area (Å²) in [6.07, 6.45) is 2.12. The lowest BCUT2D eigenvalue weighted by Crippen LogP contribution is -2.56. The summed E-state index contributed by atoms with van der Waals surface area (Å²) in [5.41, 5.74) is -2.01. The number of esters is 1. The van der Waals surface area contributed by atoms with Gasteiger partial charge >= 0.3 is 5.97 Å². The first-order valence-corrected chi connectivity index (χ1v) is 16.4. The predicted octanol–water partition coefficient (Wildman–Crippen LogP) is 2.71.